The van der Waals surface area contributed by atoms with Crippen LogP contribution in [0.3, 0.4) is 0 Å². The third kappa shape index (κ3) is 3.31. The van der Waals surface area contributed by atoms with Crippen molar-refractivity contribution in [2.24, 2.45) is 5.41 Å². The number of aromatic nitrogens is 2. The van der Waals surface area contributed by atoms with Gasteiger partial charge < -0.3 is 0 Å². The molecule has 1 saturated carbocycles. The summed E-state index contributed by atoms with van der Waals surface area (Å²) in [4.78, 5) is 14.2. The molecule has 0 saturated heterocycles. The monoisotopic (exact) mass is 418 g/mol. The first kappa shape index (κ1) is 19.3. The zero-order valence-electron chi connectivity index (χ0n) is 16.8. The molecule has 0 unspecified atom stereocenters. The van der Waals surface area contributed by atoms with Crippen LogP contribution in [-0.2, 0) is 11.2 Å². The summed E-state index contributed by atoms with van der Waals surface area (Å²) < 4.78 is 15.2. The summed E-state index contributed by atoms with van der Waals surface area (Å²) in [6.45, 7) is 1.73. The van der Waals surface area contributed by atoms with E-state index in [0.717, 1.165) is 36.2 Å². The number of nitrogens with zero attached hydrogens (tertiary/aromatic N) is 2. The molecule has 5 rings (SSSR count). The van der Waals surface area contributed by atoms with Crippen LogP contribution in [0.15, 0.2) is 71.3 Å². The Kier molecular flexibility index (Phi) is 4.86. The number of rotatable bonds is 4. The lowest BCUT2D eigenvalue weighted by molar-refractivity contribution is -0.125. The number of hydrogen-bond donors (Lipinski definition) is 0. The van der Waals surface area contributed by atoms with E-state index in [0.29, 0.717) is 11.7 Å². The topological polar surface area (TPSA) is 34.9 Å². The summed E-state index contributed by atoms with van der Waals surface area (Å²) in [5.41, 5.74) is 3.72. The molecular formula is C25H23FN2OS. The van der Waals surface area contributed by atoms with Crippen LogP contribution in [0, 0.1) is 11.2 Å². The first-order chi connectivity index (χ1) is 14.5. The van der Waals surface area contributed by atoms with Crippen molar-refractivity contribution >= 4 is 23.6 Å². The molecule has 0 spiro atoms. The lowest BCUT2D eigenvalue weighted by Crippen LogP contribution is -2.41. The first-order valence-electron chi connectivity index (χ1n) is 10.3. The fraction of sp³-hybridized carbons (Fsp3) is 0.280. The highest BCUT2D eigenvalue weighted by Crippen LogP contribution is 2.51. The van der Waals surface area contributed by atoms with Gasteiger partial charge in [0, 0.05) is 10.1 Å². The first-order valence-corrected chi connectivity index (χ1v) is 11.2. The quantitative estimate of drug-likeness (QED) is 0.531. The van der Waals surface area contributed by atoms with Crippen LogP contribution in [0.1, 0.15) is 37.4 Å². The van der Waals surface area contributed by atoms with Crippen LogP contribution in [-0.4, -0.2) is 20.8 Å². The Morgan fingerprint density at radius 1 is 1.17 bits per heavy atom. The Balaban J connectivity index is 1.48. The smallest absolute Gasteiger partial charge is 0.140 e. The van der Waals surface area contributed by atoms with E-state index in [4.69, 9.17) is 0 Å². The maximum atomic E-state index is 13.3. The van der Waals surface area contributed by atoms with Gasteiger partial charge in [-0.3, -0.25) is 4.79 Å². The van der Waals surface area contributed by atoms with E-state index in [1.807, 2.05) is 28.7 Å². The second kappa shape index (κ2) is 7.55. The number of allylic oxidation sites excluding steroid dienone is 1. The maximum Gasteiger partial charge on any atom is 0.140 e. The number of carbonyl (C=O) groups is 1. The minimum atomic E-state index is -0.436. The van der Waals surface area contributed by atoms with Gasteiger partial charge in [-0.1, -0.05) is 23.8 Å². The molecule has 5 heteroatoms. The van der Waals surface area contributed by atoms with Crippen molar-refractivity contribution in [1.82, 2.24) is 9.78 Å². The lowest BCUT2D eigenvalue weighted by atomic mass is 9.62. The summed E-state index contributed by atoms with van der Waals surface area (Å²) in [7, 11) is 0. The van der Waals surface area contributed by atoms with Crippen molar-refractivity contribution in [3.05, 3.63) is 83.4 Å². The van der Waals surface area contributed by atoms with Crippen LogP contribution in [0.5, 0.6) is 0 Å². The lowest BCUT2D eigenvalue weighted by Gasteiger charge is -2.43. The van der Waals surface area contributed by atoms with Crippen molar-refractivity contribution in [3.63, 3.8) is 0 Å². The van der Waals surface area contributed by atoms with Crippen LogP contribution in [0.25, 0.3) is 11.8 Å². The number of benzene rings is 2. The van der Waals surface area contributed by atoms with Gasteiger partial charge in [-0.25, -0.2) is 9.07 Å². The predicted octanol–water partition coefficient (Wildman–Crippen LogP) is 5.87. The summed E-state index contributed by atoms with van der Waals surface area (Å²) in [6, 6.07) is 16.8. The average Bonchev–Trinajstić information content (AvgIpc) is 3.15. The summed E-state index contributed by atoms with van der Waals surface area (Å²) in [5, 5.41) is 4.98. The van der Waals surface area contributed by atoms with Crippen LogP contribution < -0.4 is 0 Å². The highest BCUT2D eigenvalue weighted by molar-refractivity contribution is 8.00. The Morgan fingerprint density at radius 2 is 1.93 bits per heavy atom. The second-order valence-corrected chi connectivity index (χ2v) is 9.60. The van der Waals surface area contributed by atoms with Crippen LogP contribution >= 0.6 is 11.8 Å². The van der Waals surface area contributed by atoms with Gasteiger partial charge >= 0.3 is 0 Å². The summed E-state index contributed by atoms with van der Waals surface area (Å²) in [6.07, 6.45) is 7.55. The van der Waals surface area contributed by atoms with Gasteiger partial charge in [0.25, 0.3) is 0 Å². The molecule has 0 bridgehead atoms. The van der Waals surface area contributed by atoms with Gasteiger partial charge in [0.1, 0.15) is 11.6 Å². The number of thioether (sulfide) groups is 1. The minimum absolute atomic E-state index is 0.243. The van der Waals surface area contributed by atoms with E-state index >= 15 is 0 Å². The van der Waals surface area contributed by atoms with Gasteiger partial charge in [-0.05, 0) is 80.6 Å². The van der Waals surface area contributed by atoms with E-state index < -0.39 is 5.41 Å². The zero-order chi connectivity index (χ0) is 20.7. The summed E-state index contributed by atoms with van der Waals surface area (Å²) >= 11 is 1.89. The Bertz CT molecular complexity index is 1120. The average molecular weight is 419 g/mol. The molecule has 3 nitrogen and oxygen atoms in total. The SMILES string of the molecule is CC(=O)[C@]12Cc3cnn(-c4ccc(F)cc4)c3C=C1CC[C@@H](Sc1ccccc1)C2. The zero-order valence-corrected chi connectivity index (χ0v) is 17.7. The van der Waals surface area contributed by atoms with Crippen molar-refractivity contribution in [1.29, 1.82) is 0 Å². The largest absolute Gasteiger partial charge is 0.299 e. The molecule has 1 aromatic heterocycles. The van der Waals surface area contributed by atoms with E-state index in [9.17, 15) is 9.18 Å². The molecule has 152 valence electrons. The molecular weight excluding hydrogens is 395 g/mol. The molecule has 0 radical (unpaired) electrons. The van der Waals surface area contributed by atoms with Crippen molar-refractivity contribution in [2.75, 3.05) is 0 Å². The maximum absolute atomic E-state index is 13.3. The van der Waals surface area contributed by atoms with E-state index in [2.05, 4.69) is 35.4 Å². The standard InChI is InChI=1S/C25H23FN2OS/c1-17(29)25-14-18-16-27-28(21-10-8-20(26)9-11-21)24(18)13-19(25)7-12-23(15-25)30-22-5-3-2-4-6-22/h2-6,8-11,13,16,23H,7,12,14-15H2,1H3/t23-,25-/m1/s1. The third-order valence-electron chi connectivity index (χ3n) is 6.41. The summed E-state index contributed by atoms with van der Waals surface area (Å²) in [5.74, 6) is -0.0183. The van der Waals surface area contributed by atoms with Crippen molar-refractivity contribution in [3.8, 4) is 5.69 Å². The highest BCUT2D eigenvalue weighted by atomic mass is 32.2. The fourth-order valence-corrected chi connectivity index (χ4v) is 6.12. The normalized spacial score (nSPS) is 22.7. The molecule has 0 amide bonds. The molecule has 2 aliphatic carbocycles. The van der Waals surface area contributed by atoms with Gasteiger partial charge in [0.2, 0.25) is 0 Å². The molecule has 1 fully saturated rings. The molecule has 2 aromatic carbocycles. The predicted molar refractivity (Wildman–Crippen MR) is 118 cm³/mol. The molecule has 30 heavy (non-hydrogen) atoms. The molecule has 2 atom stereocenters. The highest BCUT2D eigenvalue weighted by Gasteiger charge is 2.47. The van der Waals surface area contributed by atoms with Gasteiger partial charge in [-0.15, -0.1) is 11.8 Å². The Labute approximate surface area is 180 Å². The number of Topliss-reactive ketones (excluding diaryl/α,β-unsaturated/α-hetero) is 1. The molecule has 3 aromatic rings. The van der Waals surface area contributed by atoms with Gasteiger partial charge in [-0.2, -0.15) is 5.10 Å². The Morgan fingerprint density at radius 3 is 2.67 bits per heavy atom. The van der Waals surface area contributed by atoms with E-state index in [-0.39, 0.29) is 11.6 Å². The number of carbonyl (C=O) groups excluding carboxylic acids is 1. The van der Waals surface area contributed by atoms with Gasteiger partial charge in [0.15, 0.2) is 0 Å². The van der Waals surface area contributed by atoms with Crippen LogP contribution in [0.4, 0.5) is 4.39 Å². The van der Waals surface area contributed by atoms with Crippen molar-refractivity contribution in [2.45, 2.75) is 42.8 Å². The van der Waals surface area contributed by atoms with E-state index in [1.54, 1.807) is 19.1 Å². The number of halogens is 1. The van der Waals surface area contributed by atoms with Crippen LogP contribution in [0.2, 0.25) is 0 Å². The minimum Gasteiger partial charge on any atom is -0.299 e. The number of hydrogen-bond acceptors (Lipinski definition) is 3. The fourth-order valence-electron chi connectivity index (χ4n) is 4.82. The number of ketones is 1. The van der Waals surface area contributed by atoms with Gasteiger partial charge in [0.05, 0.1) is 23.0 Å². The number of fused-ring (bicyclic) bond motifs is 2. The third-order valence-corrected chi connectivity index (χ3v) is 7.69. The second-order valence-electron chi connectivity index (χ2n) is 8.22. The molecule has 1 heterocycles. The van der Waals surface area contributed by atoms with Crippen molar-refractivity contribution < 1.29 is 9.18 Å². The Hall–Kier alpha value is -2.66. The van der Waals surface area contributed by atoms with E-state index in [1.165, 1.54) is 22.6 Å². The molecule has 2 aliphatic rings. The molecule has 0 aliphatic heterocycles. The molecule has 0 N–H and O–H groups in total.